The van der Waals surface area contributed by atoms with Gasteiger partial charge in [-0.2, -0.15) is 0 Å². The minimum atomic E-state index is -0.316. The van der Waals surface area contributed by atoms with Gasteiger partial charge in [0.25, 0.3) is 5.56 Å². The Hall–Kier alpha value is -4.23. The first-order valence-corrected chi connectivity index (χ1v) is 12.4. The maximum absolute atomic E-state index is 13.8. The summed E-state index contributed by atoms with van der Waals surface area (Å²) in [5, 5.41) is 2.88. The molecule has 1 amide bonds. The van der Waals surface area contributed by atoms with Crippen LogP contribution in [-0.4, -0.2) is 34.0 Å². The lowest BCUT2D eigenvalue weighted by Crippen LogP contribution is -2.39. The molecule has 0 fully saturated rings. The van der Waals surface area contributed by atoms with E-state index in [0.29, 0.717) is 35.8 Å². The number of nitrogens with zero attached hydrogens (tertiary/aromatic N) is 3. The molecule has 7 heteroatoms. The normalized spacial score (nSPS) is 13.1. The van der Waals surface area contributed by atoms with Crippen molar-refractivity contribution in [3.63, 3.8) is 0 Å². The number of benzene rings is 3. The third kappa shape index (κ3) is 5.47. The lowest BCUT2D eigenvalue weighted by molar-refractivity contribution is -0.116. The number of amides is 1. The molecule has 1 aliphatic heterocycles. The van der Waals surface area contributed by atoms with Crippen LogP contribution in [0.3, 0.4) is 0 Å². The maximum Gasteiger partial charge on any atom is 0.257 e. The van der Waals surface area contributed by atoms with Crippen molar-refractivity contribution in [2.24, 2.45) is 0 Å². The Morgan fingerprint density at radius 2 is 1.73 bits per heavy atom. The average molecular weight is 495 g/mol. The number of methoxy groups -OCH3 is 1. The molecular formula is C30H30N4O3. The van der Waals surface area contributed by atoms with Crippen molar-refractivity contribution in [1.82, 2.24) is 14.5 Å². The van der Waals surface area contributed by atoms with Crippen molar-refractivity contribution >= 4 is 11.6 Å². The summed E-state index contributed by atoms with van der Waals surface area (Å²) in [6.45, 7) is 4.02. The predicted octanol–water partition coefficient (Wildman–Crippen LogP) is 4.42. The number of nitrogens with one attached hydrogen (secondary N) is 1. The van der Waals surface area contributed by atoms with E-state index < -0.39 is 0 Å². The fourth-order valence-corrected chi connectivity index (χ4v) is 4.71. The standard InChI is InChI=1S/C30H30N4O3/c1-21-12-14-23(15-13-21)29-32-26-19-33(18-22-8-4-3-5-9-22)17-16-24(26)30(36)34(29)20-28(35)31-25-10-6-7-11-27(25)37-2/h3-15H,16-20H2,1-2H3,(H,31,35). The van der Waals surface area contributed by atoms with Gasteiger partial charge in [-0.1, -0.05) is 72.3 Å². The van der Waals surface area contributed by atoms with Crippen molar-refractivity contribution < 1.29 is 9.53 Å². The number of carbonyl (C=O) groups excluding carboxylic acids is 1. The smallest absolute Gasteiger partial charge is 0.257 e. The van der Waals surface area contributed by atoms with E-state index in [2.05, 4.69) is 22.3 Å². The predicted molar refractivity (Wildman–Crippen MR) is 145 cm³/mol. The van der Waals surface area contributed by atoms with Crippen LogP contribution in [0.1, 0.15) is 22.4 Å². The maximum atomic E-state index is 13.8. The van der Waals surface area contributed by atoms with E-state index >= 15 is 0 Å². The van der Waals surface area contributed by atoms with Crippen LogP contribution < -0.4 is 15.6 Å². The SMILES string of the molecule is COc1ccccc1NC(=O)Cn1c(-c2ccc(C)cc2)nc2c(c1=O)CCN(Cc1ccccc1)C2. The van der Waals surface area contributed by atoms with Crippen LogP contribution in [0.4, 0.5) is 5.69 Å². The first-order chi connectivity index (χ1) is 18.0. The molecule has 1 aliphatic rings. The third-order valence-electron chi connectivity index (χ3n) is 6.64. The summed E-state index contributed by atoms with van der Waals surface area (Å²) < 4.78 is 6.85. The number of anilines is 1. The summed E-state index contributed by atoms with van der Waals surface area (Å²) in [4.78, 5) is 34.1. The number of para-hydroxylation sites is 2. The Kier molecular flexibility index (Phi) is 7.14. The highest BCUT2D eigenvalue weighted by atomic mass is 16.5. The second kappa shape index (κ2) is 10.8. The first kappa shape index (κ1) is 24.5. The quantitative estimate of drug-likeness (QED) is 0.412. The van der Waals surface area contributed by atoms with Crippen LogP contribution >= 0.6 is 0 Å². The molecule has 0 bridgehead atoms. The molecule has 1 N–H and O–H groups in total. The topological polar surface area (TPSA) is 76.5 Å². The molecule has 0 aliphatic carbocycles. The van der Waals surface area contributed by atoms with E-state index in [4.69, 9.17) is 9.72 Å². The van der Waals surface area contributed by atoms with Crippen molar-refractivity contribution in [2.75, 3.05) is 19.0 Å². The van der Waals surface area contributed by atoms with Crippen LogP contribution in [0, 0.1) is 6.92 Å². The summed E-state index contributed by atoms with van der Waals surface area (Å²) >= 11 is 0. The monoisotopic (exact) mass is 494 g/mol. The summed E-state index contributed by atoms with van der Waals surface area (Å²) in [6, 6.07) is 25.4. The fraction of sp³-hybridized carbons (Fsp3) is 0.233. The molecular weight excluding hydrogens is 464 g/mol. The van der Waals surface area contributed by atoms with Crippen LogP contribution in [-0.2, 0) is 30.8 Å². The van der Waals surface area contributed by atoms with Crippen LogP contribution in [0.2, 0.25) is 0 Å². The number of ether oxygens (including phenoxy) is 1. The van der Waals surface area contributed by atoms with Crippen molar-refractivity contribution in [2.45, 2.75) is 33.0 Å². The molecule has 1 aromatic heterocycles. The third-order valence-corrected chi connectivity index (χ3v) is 6.64. The zero-order chi connectivity index (χ0) is 25.8. The second-order valence-electron chi connectivity index (χ2n) is 9.31. The first-order valence-electron chi connectivity index (χ1n) is 12.4. The highest BCUT2D eigenvalue weighted by Crippen LogP contribution is 2.25. The minimum Gasteiger partial charge on any atom is -0.495 e. The lowest BCUT2D eigenvalue weighted by Gasteiger charge is -2.29. The Morgan fingerprint density at radius 1 is 1.00 bits per heavy atom. The van der Waals surface area contributed by atoms with Gasteiger partial charge in [-0.3, -0.25) is 19.1 Å². The van der Waals surface area contributed by atoms with Crippen LogP contribution in [0.15, 0.2) is 83.7 Å². The highest BCUT2D eigenvalue weighted by molar-refractivity contribution is 5.92. The summed E-state index contributed by atoms with van der Waals surface area (Å²) in [5.74, 6) is 0.743. The van der Waals surface area contributed by atoms with Crippen molar-refractivity contribution in [1.29, 1.82) is 0 Å². The number of hydrogen-bond donors (Lipinski definition) is 1. The van der Waals surface area contributed by atoms with Gasteiger partial charge < -0.3 is 10.1 Å². The molecule has 0 saturated carbocycles. The number of carbonyl (C=O) groups is 1. The van der Waals surface area contributed by atoms with Gasteiger partial charge in [0.05, 0.1) is 18.5 Å². The van der Waals surface area contributed by atoms with Gasteiger partial charge in [0.15, 0.2) is 0 Å². The molecule has 4 aromatic rings. The van der Waals surface area contributed by atoms with Crippen LogP contribution in [0.5, 0.6) is 5.75 Å². The Bertz CT molecular complexity index is 1460. The van der Waals surface area contributed by atoms with Gasteiger partial charge in [0.1, 0.15) is 18.1 Å². The molecule has 3 aromatic carbocycles. The van der Waals surface area contributed by atoms with Crippen LogP contribution in [0.25, 0.3) is 11.4 Å². The van der Waals surface area contributed by atoms with Gasteiger partial charge in [0.2, 0.25) is 5.91 Å². The average Bonchev–Trinajstić information content (AvgIpc) is 2.91. The van der Waals surface area contributed by atoms with E-state index in [9.17, 15) is 9.59 Å². The number of hydrogen-bond acceptors (Lipinski definition) is 5. The number of aryl methyl sites for hydroxylation is 1. The molecule has 7 nitrogen and oxygen atoms in total. The molecule has 0 unspecified atom stereocenters. The number of aromatic nitrogens is 2. The molecule has 0 saturated heterocycles. The molecule has 5 rings (SSSR count). The van der Waals surface area contributed by atoms with Gasteiger partial charge >= 0.3 is 0 Å². The van der Waals surface area contributed by atoms with E-state index in [-0.39, 0.29) is 18.0 Å². The fourth-order valence-electron chi connectivity index (χ4n) is 4.71. The van der Waals surface area contributed by atoms with Crippen molar-refractivity contribution in [3.8, 4) is 17.1 Å². The summed E-state index contributed by atoms with van der Waals surface area (Å²) in [5.41, 5.74) is 5.01. The van der Waals surface area contributed by atoms with Gasteiger partial charge in [-0.25, -0.2) is 4.98 Å². The van der Waals surface area contributed by atoms with E-state index in [1.165, 1.54) is 10.1 Å². The molecule has 0 spiro atoms. The van der Waals surface area contributed by atoms with Crippen molar-refractivity contribution in [3.05, 3.63) is 112 Å². The molecule has 188 valence electrons. The Morgan fingerprint density at radius 3 is 2.49 bits per heavy atom. The Balaban J connectivity index is 1.48. The molecule has 0 radical (unpaired) electrons. The van der Waals surface area contributed by atoms with Gasteiger partial charge in [-0.05, 0) is 31.0 Å². The second-order valence-corrected chi connectivity index (χ2v) is 9.31. The lowest BCUT2D eigenvalue weighted by atomic mass is 10.0. The van der Waals surface area contributed by atoms with E-state index in [1.54, 1.807) is 19.2 Å². The van der Waals surface area contributed by atoms with E-state index in [1.807, 2.05) is 61.5 Å². The van der Waals surface area contributed by atoms with Gasteiger partial charge in [-0.15, -0.1) is 0 Å². The number of rotatable bonds is 7. The molecule has 0 atom stereocenters. The van der Waals surface area contributed by atoms with Gasteiger partial charge in [0, 0.05) is 30.8 Å². The highest BCUT2D eigenvalue weighted by Gasteiger charge is 2.25. The summed E-state index contributed by atoms with van der Waals surface area (Å²) in [7, 11) is 1.56. The number of fused-ring (bicyclic) bond motifs is 1. The zero-order valence-electron chi connectivity index (χ0n) is 21.1. The molecule has 2 heterocycles. The zero-order valence-corrected chi connectivity index (χ0v) is 21.1. The largest absolute Gasteiger partial charge is 0.495 e. The minimum absolute atomic E-state index is 0.145. The Labute approximate surface area is 216 Å². The van der Waals surface area contributed by atoms with E-state index in [0.717, 1.165) is 29.9 Å². The molecule has 37 heavy (non-hydrogen) atoms. The summed E-state index contributed by atoms with van der Waals surface area (Å²) in [6.07, 6.45) is 0.594.